The fourth-order valence-electron chi connectivity index (χ4n) is 3.87. The fraction of sp³-hybridized carbons (Fsp3) is 0.286. The highest BCUT2D eigenvalue weighted by molar-refractivity contribution is 8.76. The molecular formula is C28H33N3O3S2. The maximum absolute atomic E-state index is 12.8. The van der Waals surface area contributed by atoms with Crippen LogP contribution in [-0.2, 0) is 15.1 Å². The van der Waals surface area contributed by atoms with Gasteiger partial charge >= 0.3 is 6.09 Å². The van der Waals surface area contributed by atoms with Gasteiger partial charge in [0.1, 0.15) is 0 Å². The van der Waals surface area contributed by atoms with Gasteiger partial charge in [-0.25, -0.2) is 4.79 Å². The van der Waals surface area contributed by atoms with E-state index in [0.717, 1.165) is 28.2 Å². The molecule has 0 saturated carbocycles. The monoisotopic (exact) mass is 523 g/mol. The first kappa shape index (κ1) is 27.6. The number of rotatable bonds is 14. The van der Waals surface area contributed by atoms with Gasteiger partial charge in [-0.3, -0.25) is 10.1 Å². The number of hydrogen-bond donors (Lipinski definition) is 3. The molecule has 0 atom stereocenters. The second-order valence-electron chi connectivity index (χ2n) is 7.84. The highest BCUT2D eigenvalue weighted by Crippen LogP contribution is 2.36. The van der Waals surface area contributed by atoms with Gasteiger partial charge in [-0.1, -0.05) is 113 Å². The molecular weight excluding hydrogens is 490 g/mol. The molecule has 0 aliphatic heterocycles. The van der Waals surface area contributed by atoms with Crippen molar-refractivity contribution in [2.45, 2.75) is 12.5 Å². The van der Waals surface area contributed by atoms with Crippen LogP contribution in [-0.4, -0.2) is 49.7 Å². The van der Waals surface area contributed by atoms with Gasteiger partial charge in [0.15, 0.2) is 0 Å². The lowest BCUT2D eigenvalue weighted by Gasteiger charge is -2.37. The summed E-state index contributed by atoms with van der Waals surface area (Å²) in [5, 5.41) is 9.30. The third kappa shape index (κ3) is 8.05. The first-order chi connectivity index (χ1) is 17.7. The van der Waals surface area contributed by atoms with E-state index in [2.05, 4.69) is 52.3 Å². The largest absolute Gasteiger partial charge is 0.450 e. The Morgan fingerprint density at radius 2 is 1.17 bits per heavy atom. The third-order valence-electron chi connectivity index (χ3n) is 5.46. The molecule has 36 heavy (non-hydrogen) atoms. The first-order valence-corrected chi connectivity index (χ1v) is 14.5. The van der Waals surface area contributed by atoms with Gasteiger partial charge in [0.2, 0.25) is 5.91 Å². The smallest absolute Gasteiger partial charge is 0.407 e. The van der Waals surface area contributed by atoms with E-state index in [4.69, 9.17) is 4.74 Å². The van der Waals surface area contributed by atoms with Crippen LogP contribution in [0.3, 0.4) is 0 Å². The quantitative estimate of drug-likeness (QED) is 0.160. The van der Waals surface area contributed by atoms with Crippen LogP contribution in [0.4, 0.5) is 4.79 Å². The van der Waals surface area contributed by atoms with Crippen LogP contribution < -0.4 is 16.0 Å². The summed E-state index contributed by atoms with van der Waals surface area (Å²) in [5.74, 6) is 1.49. The first-order valence-electron chi connectivity index (χ1n) is 12.0. The Morgan fingerprint density at radius 3 is 1.61 bits per heavy atom. The Morgan fingerprint density at radius 1 is 0.722 bits per heavy atom. The van der Waals surface area contributed by atoms with Crippen LogP contribution in [0.25, 0.3) is 0 Å². The number of ether oxygens (including phenoxy) is 1. The Bertz CT molecular complexity index is 957. The number of hydrogen-bond acceptors (Lipinski definition) is 6. The van der Waals surface area contributed by atoms with Gasteiger partial charge in [-0.05, 0) is 23.6 Å². The van der Waals surface area contributed by atoms with Gasteiger partial charge in [0.05, 0.1) is 18.7 Å². The minimum absolute atomic E-state index is 0.0586. The Balaban J connectivity index is 1.58. The molecule has 8 heteroatoms. The van der Waals surface area contributed by atoms with Crippen molar-refractivity contribution in [3.8, 4) is 0 Å². The summed E-state index contributed by atoms with van der Waals surface area (Å²) in [7, 11) is 3.32. The second-order valence-corrected chi connectivity index (χ2v) is 10.5. The third-order valence-corrected chi connectivity index (χ3v) is 7.86. The van der Waals surface area contributed by atoms with Crippen molar-refractivity contribution in [3.63, 3.8) is 0 Å². The van der Waals surface area contributed by atoms with Crippen LogP contribution >= 0.6 is 21.6 Å². The van der Waals surface area contributed by atoms with Crippen molar-refractivity contribution < 1.29 is 14.3 Å². The predicted octanol–water partition coefficient (Wildman–Crippen LogP) is 4.81. The minimum atomic E-state index is -0.669. The molecule has 0 heterocycles. The maximum atomic E-state index is 12.8. The lowest BCUT2D eigenvalue weighted by Crippen LogP contribution is -2.49. The van der Waals surface area contributed by atoms with E-state index in [0.29, 0.717) is 19.7 Å². The molecule has 0 aromatic heterocycles. The lowest BCUT2D eigenvalue weighted by molar-refractivity contribution is -0.120. The van der Waals surface area contributed by atoms with Crippen LogP contribution in [0, 0.1) is 0 Å². The zero-order valence-electron chi connectivity index (χ0n) is 20.4. The summed E-state index contributed by atoms with van der Waals surface area (Å²) < 4.78 is 4.83. The van der Waals surface area contributed by atoms with E-state index >= 15 is 0 Å². The molecule has 2 amide bonds. The summed E-state index contributed by atoms with van der Waals surface area (Å²) in [6, 6.07) is 30.7. The summed E-state index contributed by atoms with van der Waals surface area (Å²) in [4.78, 5) is 24.1. The predicted molar refractivity (Wildman–Crippen MR) is 150 cm³/mol. The van der Waals surface area contributed by atoms with Gasteiger partial charge in [-0.15, -0.1) is 0 Å². The standard InChI is InChI=1S/C28H33N3O3S2/c1-2-34-27(33)30-19-21-36-35-20-18-29-26(32)22-31-28(23-12-6-3-7-13-23,24-14-8-4-9-15-24)25-16-10-5-11-17-25/h3-17,31H,2,18-22H2,1H3,(H,29,32)(H,30,33). The van der Waals surface area contributed by atoms with Crippen molar-refractivity contribution in [1.29, 1.82) is 0 Å². The number of carbonyl (C=O) groups is 2. The topological polar surface area (TPSA) is 79.5 Å². The average Bonchev–Trinajstić information content (AvgIpc) is 2.92. The number of benzene rings is 3. The molecule has 3 aromatic rings. The zero-order valence-corrected chi connectivity index (χ0v) is 22.1. The molecule has 0 saturated heterocycles. The molecule has 0 radical (unpaired) electrons. The molecule has 0 fully saturated rings. The van der Waals surface area contributed by atoms with Gasteiger partial charge in [-0.2, -0.15) is 0 Å². The molecule has 3 N–H and O–H groups in total. The maximum Gasteiger partial charge on any atom is 0.407 e. The van der Waals surface area contributed by atoms with Gasteiger partial charge in [0, 0.05) is 24.6 Å². The second kappa shape index (κ2) is 15.2. The number of amides is 2. The van der Waals surface area contributed by atoms with Crippen LogP contribution in [0.1, 0.15) is 23.6 Å². The molecule has 0 spiro atoms. The zero-order chi connectivity index (χ0) is 25.5. The normalized spacial score (nSPS) is 11.0. The van der Waals surface area contributed by atoms with Crippen molar-refractivity contribution in [3.05, 3.63) is 108 Å². The van der Waals surface area contributed by atoms with Crippen LogP contribution in [0.2, 0.25) is 0 Å². The van der Waals surface area contributed by atoms with E-state index in [1.165, 1.54) is 0 Å². The summed E-state index contributed by atoms with van der Waals surface area (Å²) >= 11 is 0. The van der Waals surface area contributed by atoms with E-state index in [1.807, 2.05) is 54.6 Å². The Labute approximate surface area is 221 Å². The van der Waals surface area contributed by atoms with E-state index in [-0.39, 0.29) is 18.5 Å². The minimum Gasteiger partial charge on any atom is -0.450 e. The van der Waals surface area contributed by atoms with Crippen molar-refractivity contribution >= 4 is 33.6 Å². The highest BCUT2D eigenvalue weighted by Gasteiger charge is 2.36. The number of carbonyl (C=O) groups excluding carboxylic acids is 2. The summed E-state index contributed by atoms with van der Waals surface area (Å²) in [6.07, 6.45) is -0.388. The van der Waals surface area contributed by atoms with Crippen molar-refractivity contribution in [1.82, 2.24) is 16.0 Å². The van der Waals surface area contributed by atoms with Crippen molar-refractivity contribution in [2.75, 3.05) is 37.7 Å². The van der Waals surface area contributed by atoms with E-state index in [1.54, 1.807) is 28.5 Å². The molecule has 3 aromatic carbocycles. The van der Waals surface area contributed by atoms with E-state index in [9.17, 15) is 9.59 Å². The van der Waals surface area contributed by atoms with Gasteiger partial charge in [0.25, 0.3) is 0 Å². The molecule has 0 unspecified atom stereocenters. The Kier molecular flexibility index (Phi) is 11.7. The SMILES string of the molecule is CCOC(=O)NCCSSCCNC(=O)CNC(c1ccccc1)(c1ccccc1)c1ccccc1. The van der Waals surface area contributed by atoms with Crippen LogP contribution in [0.5, 0.6) is 0 Å². The number of nitrogens with one attached hydrogen (secondary N) is 3. The molecule has 190 valence electrons. The van der Waals surface area contributed by atoms with Crippen LogP contribution in [0.15, 0.2) is 91.0 Å². The number of alkyl carbamates (subject to hydrolysis) is 1. The molecule has 6 nitrogen and oxygen atoms in total. The Hall–Kier alpha value is -2.94. The van der Waals surface area contributed by atoms with E-state index < -0.39 is 5.54 Å². The van der Waals surface area contributed by atoms with Gasteiger partial charge < -0.3 is 15.4 Å². The summed E-state index contributed by atoms with van der Waals surface area (Å²) in [5.41, 5.74) is 2.54. The molecule has 0 aliphatic carbocycles. The lowest BCUT2D eigenvalue weighted by atomic mass is 9.77. The highest BCUT2D eigenvalue weighted by atomic mass is 33.1. The fourth-order valence-corrected chi connectivity index (χ4v) is 5.69. The summed E-state index contributed by atoms with van der Waals surface area (Å²) in [6.45, 7) is 3.43. The van der Waals surface area contributed by atoms with Crippen molar-refractivity contribution in [2.24, 2.45) is 0 Å². The molecule has 3 rings (SSSR count). The molecule has 0 bridgehead atoms. The molecule has 0 aliphatic rings. The average molecular weight is 524 g/mol.